The summed E-state index contributed by atoms with van der Waals surface area (Å²) in [6, 6.07) is 6.63. The highest BCUT2D eigenvalue weighted by Gasteiger charge is 2.42. The zero-order valence-corrected chi connectivity index (χ0v) is 13.0. The summed E-state index contributed by atoms with van der Waals surface area (Å²) in [6.07, 6.45) is 4.34. The van der Waals surface area contributed by atoms with Gasteiger partial charge in [-0.3, -0.25) is 4.79 Å². The molecule has 2 heterocycles. The number of nitrogens with zero attached hydrogens (tertiary/aromatic N) is 1. The maximum Gasteiger partial charge on any atom is 0.173 e. The third-order valence-electron chi connectivity index (χ3n) is 5.14. The van der Waals surface area contributed by atoms with Gasteiger partial charge in [0.25, 0.3) is 0 Å². The number of Topliss-reactive ketones (excluding diaryl/α,β-unsaturated/α-hetero) is 1. The van der Waals surface area contributed by atoms with Crippen molar-refractivity contribution in [3.05, 3.63) is 23.8 Å². The van der Waals surface area contributed by atoms with Crippen LogP contribution in [0.5, 0.6) is 11.5 Å². The van der Waals surface area contributed by atoms with Crippen molar-refractivity contribution < 1.29 is 14.3 Å². The molecular weight excluding hydrogens is 266 g/mol. The fourth-order valence-corrected chi connectivity index (χ4v) is 3.92. The van der Waals surface area contributed by atoms with Crippen LogP contribution in [0.25, 0.3) is 0 Å². The first-order chi connectivity index (χ1) is 10.2. The number of methoxy groups -OCH3 is 2. The van der Waals surface area contributed by atoms with Gasteiger partial charge in [-0.15, -0.1) is 0 Å². The van der Waals surface area contributed by atoms with E-state index < -0.39 is 0 Å². The van der Waals surface area contributed by atoms with E-state index >= 15 is 0 Å². The Kier molecular flexibility index (Phi) is 3.89. The van der Waals surface area contributed by atoms with E-state index in [0.717, 1.165) is 12.8 Å². The lowest BCUT2D eigenvalue weighted by atomic mass is 9.84. The maximum atomic E-state index is 13.0. The molecule has 2 saturated heterocycles. The molecule has 0 saturated carbocycles. The third kappa shape index (κ3) is 2.42. The average Bonchev–Trinajstić information content (AvgIpc) is 2.74. The number of rotatable bonds is 4. The van der Waals surface area contributed by atoms with Crippen LogP contribution in [0.4, 0.5) is 0 Å². The number of fused-ring (bicyclic) bond motifs is 2. The number of benzene rings is 1. The quantitative estimate of drug-likeness (QED) is 0.799. The van der Waals surface area contributed by atoms with Gasteiger partial charge >= 0.3 is 0 Å². The monoisotopic (exact) mass is 289 g/mol. The van der Waals surface area contributed by atoms with Crippen molar-refractivity contribution in [2.45, 2.75) is 37.8 Å². The second-order valence-electron chi connectivity index (χ2n) is 6.12. The summed E-state index contributed by atoms with van der Waals surface area (Å²) in [5.41, 5.74) is 0.608. The van der Waals surface area contributed by atoms with E-state index in [0.29, 0.717) is 29.1 Å². The predicted octanol–water partition coefficient (Wildman–Crippen LogP) is 2.76. The van der Waals surface area contributed by atoms with Crippen LogP contribution in [-0.2, 0) is 0 Å². The van der Waals surface area contributed by atoms with Crippen LogP contribution < -0.4 is 9.47 Å². The van der Waals surface area contributed by atoms with Crippen molar-refractivity contribution in [3.8, 4) is 11.5 Å². The maximum absolute atomic E-state index is 13.0. The topological polar surface area (TPSA) is 38.8 Å². The standard InChI is InChI=1S/C17H23NO3/c1-18-12-7-8-13(18)10-11(9-12)17(19)16-14(20-2)5-4-6-15(16)21-3/h4-6,11-13H,7-10H2,1-3H3. The molecule has 0 aliphatic carbocycles. The average molecular weight is 289 g/mol. The van der Waals surface area contributed by atoms with Crippen LogP contribution in [0.3, 0.4) is 0 Å². The molecule has 2 atom stereocenters. The molecule has 0 radical (unpaired) electrons. The molecule has 4 heteroatoms. The van der Waals surface area contributed by atoms with Crippen LogP contribution in [-0.4, -0.2) is 44.0 Å². The highest BCUT2D eigenvalue weighted by atomic mass is 16.5. The minimum absolute atomic E-state index is 0.0869. The normalized spacial score (nSPS) is 28.4. The van der Waals surface area contributed by atoms with E-state index in [-0.39, 0.29) is 11.7 Å². The molecule has 3 rings (SSSR count). The largest absolute Gasteiger partial charge is 0.496 e. The number of ketones is 1. The second kappa shape index (κ2) is 5.68. The zero-order valence-electron chi connectivity index (χ0n) is 13.0. The third-order valence-corrected chi connectivity index (χ3v) is 5.14. The van der Waals surface area contributed by atoms with Gasteiger partial charge in [0.1, 0.15) is 17.1 Å². The summed E-state index contributed by atoms with van der Waals surface area (Å²) in [6.45, 7) is 0. The van der Waals surface area contributed by atoms with Gasteiger partial charge in [-0.1, -0.05) is 6.07 Å². The van der Waals surface area contributed by atoms with E-state index in [4.69, 9.17) is 9.47 Å². The lowest BCUT2D eigenvalue weighted by Crippen LogP contribution is -2.42. The molecule has 4 nitrogen and oxygen atoms in total. The van der Waals surface area contributed by atoms with Crippen molar-refractivity contribution in [1.82, 2.24) is 4.90 Å². The Morgan fingerprint density at radius 2 is 1.62 bits per heavy atom. The molecule has 2 aliphatic heterocycles. The van der Waals surface area contributed by atoms with E-state index in [1.807, 2.05) is 18.2 Å². The van der Waals surface area contributed by atoms with E-state index in [1.165, 1.54) is 12.8 Å². The first-order valence-electron chi connectivity index (χ1n) is 7.62. The van der Waals surface area contributed by atoms with Crippen LogP contribution in [0.2, 0.25) is 0 Å². The van der Waals surface area contributed by atoms with Gasteiger partial charge in [-0.05, 0) is 44.9 Å². The number of piperidine rings is 1. The molecule has 0 N–H and O–H groups in total. The highest BCUT2D eigenvalue weighted by molar-refractivity contribution is 6.03. The molecule has 2 bridgehead atoms. The minimum atomic E-state index is 0.0869. The molecule has 0 aromatic heterocycles. The van der Waals surface area contributed by atoms with Gasteiger partial charge in [-0.25, -0.2) is 0 Å². The summed E-state index contributed by atoms with van der Waals surface area (Å²) in [4.78, 5) is 15.5. The number of hydrogen-bond donors (Lipinski definition) is 0. The van der Waals surface area contributed by atoms with Crippen LogP contribution in [0.15, 0.2) is 18.2 Å². The molecule has 0 amide bonds. The lowest BCUT2D eigenvalue weighted by Gasteiger charge is -2.35. The Hall–Kier alpha value is -1.55. The minimum Gasteiger partial charge on any atom is -0.496 e. The van der Waals surface area contributed by atoms with Gasteiger partial charge in [0.2, 0.25) is 0 Å². The Morgan fingerprint density at radius 1 is 1.10 bits per heavy atom. The molecule has 2 aliphatic rings. The highest BCUT2D eigenvalue weighted by Crippen LogP contribution is 2.41. The first kappa shape index (κ1) is 14.4. The van der Waals surface area contributed by atoms with Gasteiger partial charge in [0.05, 0.1) is 14.2 Å². The first-order valence-corrected chi connectivity index (χ1v) is 7.62. The van der Waals surface area contributed by atoms with E-state index in [1.54, 1.807) is 14.2 Å². The lowest BCUT2D eigenvalue weighted by molar-refractivity contribution is 0.0761. The summed E-state index contributed by atoms with van der Waals surface area (Å²) in [5, 5.41) is 0. The van der Waals surface area contributed by atoms with E-state index in [9.17, 15) is 4.79 Å². The predicted molar refractivity (Wildman–Crippen MR) is 81.2 cm³/mol. The summed E-state index contributed by atoms with van der Waals surface area (Å²) < 4.78 is 10.8. The van der Waals surface area contributed by atoms with Gasteiger partial charge in [-0.2, -0.15) is 0 Å². The fraction of sp³-hybridized carbons (Fsp3) is 0.588. The smallest absolute Gasteiger partial charge is 0.173 e. The number of hydrogen-bond acceptors (Lipinski definition) is 4. The van der Waals surface area contributed by atoms with Crippen molar-refractivity contribution in [3.63, 3.8) is 0 Å². The summed E-state index contributed by atoms with van der Waals surface area (Å²) in [7, 11) is 5.39. The Morgan fingerprint density at radius 3 is 2.10 bits per heavy atom. The fourth-order valence-electron chi connectivity index (χ4n) is 3.92. The van der Waals surface area contributed by atoms with Gasteiger partial charge in [0, 0.05) is 18.0 Å². The molecule has 2 fully saturated rings. The van der Waals surface area contributed by atoms with Crippen molar-refractivity contribution in [2.75, 3.05) is 21.3 Å². The van der Waals surface area contributed by atoms with Crippen LogP contribution in [0, 0.1) is 5.92 Å². The van der Waals surface area contributed by atoms with Crippen LogP contribution >= 0.6 is 0 Å². The number of carbonyl (C=O) groups is 1. The molecule has 1 aromatic carbocycles. The molecule has 0 spiro atoms. The second-order valence-corrected chi connectivity index (χ2v) is 6.12. The molecule has 114 valence electrons. The zero-order chi connectivity index (χ0) is 15.0. The molecule has 21 heavy (non-hydrogen) atoms. The molecule has 1 aromatic rings. The molecular formula is C17H23NO3. The van der Waals surface area contributed by atoms with E-state index in [2.05, 4.69) is 11.9 Å². The number of ether oxygens (including phenoxy) is 2. The Labute approximate surface area is 126 Å². The van der Waals surface area contributed by atoms with Gasteiger partial charge < -0.3 is 14.4 Å². The molecule has 2 unspecified atom stereocenters. The Bertz CT molecular complexity index is 507. The summed E-state index contributed by atoms with van der Waals surface area (Å²) in [5.74, 6) is 1.49. The van der Waals surface area contributed by atoms with Crippen molar-refractivity contribution >= 4 is 5.78 Å². The van der Waals surface area contributed by atoms with Crippen molar-refractivity contribution in [1.29, 1.82) is 0 Å². The summed E-state index contributed by atoms with van der Waals surface area (Å²) >= 11 is 0. The van der Waals surface area contributed by atoms with Crippen LogP contribution in [0.1, 0.15) is 36.0 Å². The van der Waals surface area contributed by atoms with Crippen molar-refractivity contribution in [2.24, 2.45) is 5.92 Å². The SMILES string of the molecule is COc1cccc(OC)c1C(=O)C1CC2CCC(C1)N2C. The van der Waals surface area contributed by atoms with Gasteiger partial charge in [0.15, 0.2) is 5.78 Å². The Balaban J connectivity index is 1.89. The number of carbonyl (C=O) groups excluding carboxylic acids is 1.